The van der Waals surface area contributed by atoms with Crippen molar-refractivity contribution in [2.75, 3.05) is 7.11 Å². The van der Waals surface area contributed by atoms with Crippen LogP contribution in [0.1, 0.15) is 40.3 Å². The Labute approximate surface area is 280 Å². The summed E-state index contributed by atoms with van der Waals surface area (Å²) in [4.78, 5) is 20.0. The molecule has 0 N–H and O–H groups in total. The van der Waals surface area contributed by atoms with Crippen LogP contribution in [0.4, 0.5) is 0 Å². The minimum atomic E-state index is -0.219. The SMILES string of the molecule is COc1ccc([C@@H]2C3=C(N=c4s/c(=C/c5cccc(COc6ccc(I)cc6I)c5)c(=O)n42)c2ccccc2CC3)cc1. The van der Waals surface area contributed by atoms with Gasteiger partial charge >= 0.3 is 0 Å². The van der Waals surface area contributed by atoms with Gasteiger partial charge in [-0.25, -0.2) is 4.99 Å². The molecule has 0 radical (unpaired) electrons. The summed E-state index contributed by atoms with van der Waals surface area (Å²) in [6.07, 6.45) is 3.76. The molecule has 4 aromatic carbocycles. The maximum absolute atomic E-state index is 14.1. The first-order valence-electron chi connectivity index (χ1n) is 13.9. The second-order valence-corrected chi connectivity index (χ2v) is 13.9. The van der Waals surface area contributed by atoms with E-state index in [4.69, 9.17) is 14.5 Å². The van der Waals surface area contributed by atoms with Crippen molar-refractivity contribution in [3.05, 3.63) is 151 Å². The summed E-state index contributed by atoms with van der Waals surface area (Å²) >= 11 is 6.06. The lowest BCUT2D eigenvalue weighted by molar-refractivity contribution is 0.304. The predicted molar refractivity (Wildman–Crippen MR) is 188 cm³/mol. The van der Waals surface area contributed by atoms with E-state index < -0.39 is 0 Å². The van der Waals surface area contributed by atoms with Crippen molar-refractivity contribution in [2.24, 2.45) is 4.99 Å². The van der Waals surface area contributed by atoms with E-state index in [9.17, 15) is 4.79 Å². The first kappa shape index (κ1) is 28.5. The molecule has 7 rings (SSSR count). The highest BCUT2D eigenvalue weighted by molar-refractivity contribution is 14.1. The van der Waals surface area contributed by atoms with E-state index >= 15 is 0 Å². The Hall–Kier alpha value is -3.22. The molecule has 0 saturated heterocycles. The molecule has 0 amide bonds. The van der Waals surface area contributed by atoms with Gasteiger partial charge in [-0.2, -0.15) is 0 Å². The zero-order valence-corrected chi connectivity index (χ0v) is 28.4. The van der Waals surface area contributed by atoms with Crippen LogP contribution in [0, 0.1) is 7.14 Å². The molecule has 2 aliphatic rings. The summed E-state index contributed by atoms with van der Waals surface area (Å²) < 4.78 is 16.4. The fraction of sp³-hybridized carbons (Fsp3) is 0.143. The van der Waals surface area contributed by atoms with Gasteiger partial charge in [-0.3, -0.25) is 9.36 Å². The molecule has 5 nitrogen and oxygen atoms in total. The third-order valence-corrected chi connectivity index (χ3v) is 10.3. The number of methoxy groups -OCH3 is 1. The van der Waals surface area contributed by atoms with E-state index in [0.29, 0.717) is 11.1 Å². The van der Waals surface area contributed by atoms with Crippen LogP contribution >= 0.6 is 56.5 Å². The van der Waals surface area contributed by atoms with Crippen LogP contribution in [0.2, 0.25) is 0 Å². The molecule has 1 atom stereocenters. The van der Waals surface area contributed by atoms with Gasteiger partial charge < -0.3 is 9.47 Å². The molecule has 8 heteroatoms. The Morgan fingerprint density at radius 2 is 1.81 bits per heavy atom. The third-order valence-electron chi connectivity index (χ3n) is 7.84. The van der Waals surface area contributed by atoms with Crippen LogP contribution in [0.25, 0.3) is 11.8 Å². The summed E-state index contributed by atoms with van der Waals surface area (Å²) in [6, 6.07) is 30.6. The van der Waals surface area contributed by atoms with Crippen LogP contribution in [-0.4, -0.2) is 11.7 Å². The Kier molecular flexibility index (Phi) is 8.00. The van der Waals surface area contributed by atoms with E-state index in [1.807, 2.05) is 53.1 Å². The smallest absolute Gasteiger partial charge is 0.271 e. The molecule has 5 aromatic rings. The third kappa shape index (κ3) is 5.60. The molecule has 0 spiro atoms. The molecule has 214 valence electrons. The number of aryl methyl sites for hydroxylation is 1. The zero-order valence-electron chi connectivity index (χ0n) is 23.2. The fourth-order valence-electron chi connectivity index (χ4n) is 5.79. The maximum atomic E-state index is 14.1. The van der Waals surface area contributed by atoms with E-state index in [2.05, 4.69) is 93.7 Å². The highest BCUT2D eigenvalue weighted by atomic mass is 127. The number of hydrogen-bond donors (Lipinski definition) is 0. The zero-order chi connectivity index (χ0) is 29.5. The Balaban J connectivity index is 1.30. The van der Waals surface area contributed by atoms with E-state index in [0.717, 1.165) is 60.7 Å². The standard InChI is InChI=1S/C35H26I2N2O3S/c1-41-26-13-9-24(10-14-26)33-28-15-11-23-7-2-3-8-27(23)32(28)38-35-39(33)34(40)31(43-35)18-21-5-4-6-22(17-21)20-42-30-16-12-25(36)19-29(30)37/h2-10,12-14,16-19,33H,11,15,20H2,1H3/b31-18+/t33-/m1/s1. The summed E-state index contributed by atoms with van der Waals surface area (Å²) in [5, 5.41) is 0. The number of aromatic nitrogens is 1. The summed E-state index contributed by atoms with van der Waals surface area (Å²) in [5.41, 5.74) is 7.68. The molecule has 1 aliphatic heterocycles. The number of ether oxygens (including phenoxy) is 2. The van der Waals surface area contributed by atoms with Gasteiger partial charge in [-0.15, -0.1) is 0 Å². The van der Waals surface area contributed by atoms with E-state index in [1.54, 1.807) is 7.11 Å². The summed E-state index contributed by atoms with van der Waals surface area (Å²) in [6.45, 7) is 0.448. The number of thiazole rings is 1. The first-order valence-corrected chi connectivity index (χ1v) is 16.9. The average Bonchev–Trinajstić information content (AvgIpc) is 3.33. The fourth-order valence-corrected chi connectivity index (χ4v) is 8.54. The molecule has 1 aliphatic carbocycles. The quantitative estimate of drug-likeness (QED) is 0.172. The highest BCUT2D eigenvalue weighted by Gasteiger charge is 2.32. The van der Waals surface area contributed by atoms with Gasteiger partial charge in [-0.05, 0) is 128 Å². The molecular formula is C35H26I2N2O3S. The van der Waals surface area contributed by atoms with Gasteiger partial charge in [-0.1, -0.05) is 65.9 Å². The van der Waals surface area contributed by atoms with Crippen LogP contribution in [0.5, 0.6) is 11.5 Å². The number of benzene rings is 4. The number of nitrogens with zero attached hydrogens (tertiary/aromatic N) is 2. The van der Waals surface area contributed by atoms with E-state index in [1.165, 1.54) is 26.0 Å². The lowest BCUT2D eigenvalue weighted by atomic mass is 9.83. The summed E-state index contributed by atoms with van der Waals surface area (Å²) in [7, 11) is 1.67. The minimum absolute atomic E-state index is 0.0231. The van der Waals surface area contributed by atoms with Crippen LogP contribution < -0.4 is 24.4 Å². The first-order chi connectivity index (χ1) is 21.0. The number of fused-ring (bicyclic) bond motifs is 3. The van der Waals surface area contributed by atoms with Crippen LogP contribution in [0.3, 0.4) is 0 Å². The van der Waals surface area contributed by atoms with Crippen molar-refractivity contribution in [3.8, 4) is 11.5 Å². The van der Waals surface area contributed by atoms with E-state index in [-0.39, 0.29) is 11.6 Å². The number of allylic oxidation sites excluding steroid dienone is 1. The minimum Gasteiger partial charge on any atom is -0.497 e. The largest absolute Gasteiger partial charge is 0.497 e. The molecule has 1 aromatic heterocycles. The van der Waals surface area contributed by atoms with Crippen molar-refractivity contribution in [1.29, 1.82) is 0 Å². The van der Waals surface area contributed by atoms with Crippen molar-refractivity contribution >= 4 is 68.3 Å². The molecule has 0 saturated carbocycles. The van der Waals surface area contributed by atoms with Gasteiger partial charge in [0.1, 0.15) is 18.1 Å². The number of rotatable bonds is 6. The Bertz CT molecular complexity index is 2080. The molecule has 0 bridgehead atoms. The normalized spacial score (nSPS) is 15.8. The Morgan fingerprint density at radius 3 is 2.63 bits per heavy atom. The van der Waals surface area contributed by atoms with Crippen molar-refractivity contribution in [2.45, 2.75) is 25.5 Å². The topological polar surface area (TPSA) is 52.8 Å². The predicted octanol–water partition coefficient (Wildman–Crippen LogP) is 7.12. The van der Waals surface area contributed by atoms with Crippen LogP contribution in [0.15, 0.2) is 106 Å². The van der Waals surface area contributed by atoms with Gasteiger partial charge in [0, 0.05) is 9.13 Å². The van der Waals surface area contributed by atoms with Gasteiger partial charge in [0.15, 0.2) is 4.80 Å². The molecule has 43 heavy (non-hydrogen) atoms. The van der Waals surface area contributed by atoms with Crippen LogP contribution in [-0.2, 0) is 13.0 Å². The molecule has 0 fully saturated rings. The molecular weight excluding hydrogens is 782 g/mol. The average molecular weight is 808 g/mol. The van der Waals surface area contributed by atoms with Crippen molar-refractivity contribution in [3.63, 3.8) is 0 Å². The monoisotopic (exact) mass is 808 g/mol. The number of halogens is 2. The molecule has 2 heterocycles. The second-order valence-electron chi connectivity index (χ2n) is 10.5. The lowest BCUT2D eigenvalue weighted by Gasteiger charge is -2.30. The lowest BCUT2D eigenvalue weighted by Crippen LogP contribution is -2.38. The summed E-state index contributed by atoms with van der Waals surface area (Å²) in [5.74, 6) is 1.66. The highest BCUT2D eigenvalue weighted by Crippen LogP contribution is 2.41. The van der Waals surface area contributed by atoms with Gasteiger partial charge in [0.05, 0.1) is 27.0 Å². The maximum Gasteiger partial charge on any atom is 0.271 e. The van der Waals surface area contributed by atoms with Crippen molar-refractivity contribution in [1.82, 2.24) is 4.57 Å². The van der Waals surface area contributed by atoms with Crippen molar-refractivity contribution < 1.29 is 9.47 Å². The van der Waals surface area contributed by atoms with Gasteiger partial charge in [0.2, 0.25) is 0 Å². The Morgan fingerprint density at radius 1 is 0.977 bits per heavy atom. The molecule has 0 unspecified atom stereocenters. The second kappa shape index (κ2) is 12.0. The van der Waals surface area contributed by atoms with Gasteiger partial charge in [0.25, 0.3) is 5.56 Å². The number of hydrogen-bond acceptors (Lipinski definition) is 5.